The molecular formula is C17H28ClN. The third kappa shape index (κ3) is 6.44. The summed E-state index contributed by atoms with van der Waals surface area (Å²) in [7, 11) is 0. The molecule has 0 bridgehead atoms. The summed E-state index contributed by atoms with van der Waals surface area (Å²) in [6, 6.07) is 7.94. The minimum absolute atomic E-state index is 0.228. The average molecular weight is 282 g/mol. The van der Waals surface area contributed by atoms with Crippen LogP contribution < -0.4 is 5.73 Å². The second-order valence-corrected chi connectivity index (χ2v) is 6.23. The zero-order valence-corrected chi connectivity index (χ0v) is 13.2. The molecule has 0 amide bonds. The van der Waals surface area contributed by atoms with E-state index in [4.69, 9.17) is 17.3 Å². The monoisotopic (exact) mass is 281 g/mol. The van der Waals surface area contributed by atoms with Gasteiger partial charge in [0.15, 0.2) is 0 Å². The van der Waals surface area contributed by atoms with Crippen LogP contribution >= 0.6 is 11.6 Å². The highest BCUT2D eigenvalue weighted by molar-refractivity contribution is 6.30. The smallest absolute Gasteiger partial charge is 0.0406 e. The predicted molar refractivity (Wildman–Crippen MR) is 85.6 cm³/mol. The van der Waals surface area contributed by atoms with Gasteiger partial charge in [-0.25, -0.2) is 0 Å². The molecule has 1 aromatic rings. The highest BCUT2D eigenvalue weighted by Crippen LogP contribution is 2.25. The Morgan fingerprint density at radius 1 is 0.947 bits per heavy atom. The Labute approximate surface area is 123 Å². The number of halogens is 1. The lowest BCUT2D eigenvalue weighted by atomic mass is 9.87. The summed E-state index contributed by atoms with van der Waals surface area (Å²) in [5.41, 5.74) is 7.36. The van der Waals surface area contributed by atoms with Gasteiger partial charge in [0, 0.05) is 10.6 Å². The van der Waals surface area contributed by atoms with Crippen LogP contribution in [0.25, 0.3) is 0 Å². The lowest BCUT2D eigenvalue weighted by Crippen LogP contribution is -2.32. The van der Waals surface area contributed by atoms with Gasteiger partial charge in [-0.3, -0.25) is 0 Å². The van der Waals surface area contributed by atoms with Crippen molar-refractivity contribution in [3.05, 3.63) is 34.9 Å². The summed E-state index contributed by atoms with van der Waals surface area (Å²) in [5, 5.41) is 0.774. The van der Waals surface area contributed by atoms with Crippen molar-refractivity contribution in [1.82, 2.24) is 0 Å². The van der Waals surface area contributed by atoms with E-state index in [0.717, 1.165) is 11.4 Å². The van der Waals surface area contributed by atoms with E-state index in [2.05, 4.69) is 13.8 Å². The van der Waals surface area contributed by atoms with E-state index in [1.165, 1.54) is 50.5 Å². The van der Waals surface area contributed by atoms with Crippen molar-refractivity contribution in [2.75, 3.05) is 0 Å². The predicted octanol–water partition coefficient (Wildman–Crippen LogP) is 5.65. The van der Waals surface area contributed by atoms with Crippen LogP contribution in [0.5, 0.6) is 0 Å². The number of nitrogens with two attached hydrogens (primary N) is 1. The van der Waals surface area contributed by atoms with Crippen molar-refractivity contribution in [3.63, 3.8) is 0 Å². The van der Waals surface area contributed by atoms with Gasteiger partial charge in [0.2, 0.25) is 0 Å². The summed E-state index contributed by atoms with van der Waals surface area (Å²) in [5.74, 6) is 0. The SMILES string of the molecule is CCCCCCCCCC(C)(N)c1ccc(Cl)cc1. The van der Waals surface area contributed by atoms with Gasteiger partial charge in [0.1, 0.15) is 0 Å². The molecule has 0 aliphatic rings. The van der Waals surface area contributed by atoms with E-state index < -0.39 is 0 Å². The molecule has 1 nitrogen and oxygen atoms in total. The summed E-state index contributed by atoms with van der Waals surface area (Å²) >= 11 is 5.91. The van der Waals surface area contributed by atoms with Crippen molar-refractivity contribution in [1.29, 1.82) is 0 Å². The van der Waals surface area contributed by atoms with Crippen molar-refractivity contribution < 1.29 is 0 Å². The maximum Gasteiger partial charge on any atom is 0.0406 e. The Kier molecular flexibility index (Phi) is 7.48. The first-order chi connectivity index (χ1) is 9.06. The molecule has 0 saturated heterocycles. The maximum atomic E-state index is 6.41. The van der Waals surface area contributed by atoms with Crippen LogP contribution in [-0.2, 0) is 5.54 Å². The van der Waals surface area contributed by atoms with Gasteiger partial charge in [-0.1, -0.05) is 75.6 Å². The summed E-state index contributed by atoms with van der Waals surface area (Å²) in [6.45, 7) is 4.37. The van der Waals surface area contributed by atoms with E-state index in [1.807, 2.05) is 24.3 Å². The molecule has 1 rings (SSSR count). The van der Waals surface area contributed by atoms with E-state index >= 15 is 0 Å². The molecule has 0 heterocycles. The first-order valence-electron chi connectivity index (χ1n) is 7.61. The molecule has 0 aliphatic heterocycles. The van der Waals surface area contributed by atoms with E-state index in [9.17, 15) is 0 Å². The highest BCUT2D eigenvalue weighted by atomic mass is 35.5. The second kappa shape index (κ2) is 8.60. The van der Waals surface area contributed by atoms with Crippen molar-refractivity contribution in [2.24, 2.45) is 5.73 Å². The third-order valence-corrected chi connectivity index (χ3v) is 4.06. The molecule has 1 atom stereocenters. The Hall–Kier alpha value is -0.530. The fourth-order valence-corrected chi connectivity index (χ4v) is 2.55. The maximum absolute atomic E-state index is 6.41. The van der Waals surface area contributed by atoms with Crippen molar-refractivity contribution in [3.8, 4) is 0 Å². The van der Waals surface area contributed by atoms with E-state index in [-0.39, 0.29) is 5.54 Å². The van der Waals surface area contributed by atoms with E-state index in [1.54, 1.807) is 0 Å². The topological polar surface area (TPSA) is 26.0 Å². The second-order valence-electron chi connectivity index (χ2n) is 5.80. The van der Waals surface area contributed by atoms with Crippen LogP contribution in [-0.4, -0.2) is 0 Å². The van der Waals surface area contributed by atoms with Gasteiger partial charge in [-0.05, 0) is 31.0 Å². The fourth-order valence-electron chi connectivity index (χ4n) is 2.42. The van der Waals surface area contributed by atoms with Crippen LogP contribution in [0, 0.1) is 0 Å². The summed E-state index contributed by atoms with van der Waals surface area (Å²) < 4.78 is 0. The molecule has 1 aromatic carbocycles. The van der Waals surface area contributed by atoms with Crippen LogP contribution in [0.2, 0.25) is 5.02 Å². The molecule has 19 heavy (non-hydrogen) atoms. The summed E-state index contributed by atoms with van der Waals surface area (Å²) in [6.07, 6.45) is 10.3. The third-order valence-electron chi connectivity index (χ3n) is 3.80. The Morgan fingerprint density at radius 3 is 2.05 bits per heavy atom. The molecule has 0 saturated carbocycles. The van der Waals surface area contributed by atoms with Crippen molar-refractivity contribution >= 4 is 11.6 Å². The largest absolute Gasteiger partial charge is 0.322 e. The molecule has 0 spiro atoms. The molecule has 2 N–H and O–H groups in total. The molecular weight excluding hydrogens is 254 g/mol. The van der Waals surface area contributed by atoms with Gasteiger partial charge >= 0.3 is 0 Å². The number of rotatable bonds is 9. The minimum Gasteiger partial charge on any atom is -0.322 e. The van der Waals surface area contributed by atoms with Crippen LogP contribution in [0.15, 0.2) is 24.3 Å². The quantitative estimate of drug-likeness (QED) is 0.581. The lowest BCUT2D eigenvalue weighted by Gasteiger charge is -2.25. The van der Waals surface area contributed by atoms with Gasteiger partial charge in [-0.15, -0.1) is 0 Å². The van der Waals surface area contributed by atoms with Crippen molar-refractivity contribution in [2.45, 2.75) is 70.8 Å². The zero-order chi connectivity index (χ0) is 14.1. The molecule has 1 unspecified atom stereocenters. The molecule has 0 aromatic heterocycles. The normalized spacial score (nSPS) is 14.3. The van der Waals surface area contributed by atoms with E-state index in [0.29, 0.717) is 0 Å². The fraction of sp³-hybridized carbons (Fsp3) is 0.647. The zero-order valence-electron chi connectivity index (χ0n) is 12.4. The Balaban J connectivity index is 2.25. The standard InChI is InChI=1S/C17H28ClN/c1-3-4-5-6-7-8-9-14-17(2,19)15-10-12-16(18)13-11-15/h10-13H,3-9,14,19H2,1-2H3. The van der Waals surface area contributed by atoms with Gasteiger partial charge in [0.25, 0.3) is 0 Å². The first-order valence-corrected chi connectivity index (χ1v) is 7.99. The molecule has 0 radical (unpaired) electrons. The first kappa shape index (κ1) is 16.5. The molecule has 2 heteroatoms. The number of hydrogen-bond donors (Lipinski definition) is 1. The van der Waals surface area contributed by atoms with Gasteiger partial charge in [-0.2, -0.15) is 0 Å². The molecule has 108 valence electrons. The number of benzene rings is 1. The minimum atomic E-state index is -0.228. The summed E-state index contributed by atoms with van der Waals surface area (Å²) in [4.78, 5) is 0. The van der Waals surface area contributed by atoms with Crippen LogP contribution in [0.1, 0.15) is 70.8 Å². The number of unbranched alkanes of at least 4 members (excludes halogenated alkanes) is 6. The van der Waals surface area contributed by atoms with Gasteiger partial charge < -0.3 is 5.73 Å². The van der Waals surface area contributed by atoms with Gasteiger partial charge in [0.05, 0.1) is 0 Å². The molecule has 0 fully saturated rings. The van der Waals surface area contributed by atoms with Crippen LogP contribution in [0.4, 0.5) is 0 Å². The number of hydrogen-bond acceptors (Lipinski definition) is 1. The average Bonchev–Trinajstić information content (AvgIpc) is 2.38. The highest BCUT2D eigenvalue weighted by Gasteiger charge is 2.20. The van der Waals surface area contributed by atoms with Crippen LogP contribution in [0.3, 0.4) is 0 Å². The molecule has 0 aliphatic carbocycles. The Morgan fingerprint density at radius 2 is 1.47 bits per heavy atom. The lowest BCUT2D eigenvalue weighted by molar-refractivity contribution is 0.421. The Bertz CT molecular complexity index is 343.